The minimum absolute atomic E-state index is 0.263. The van der Waals surface area contributed by atoms with Gasteiger partial charge in [-0.1, -0.05) is 54.6 Å². The zero-order valence-corrected chi connectivity index (χ0v) is 18.4. The second-order valence-electron chi connectivity index (χ2n) is 8.90. The number of amides is 2. The monoisotopic (exact) mass is 406 g/mol. The first-order valence-electron chi connectivity index (χ1n) is 10.2. The maximum atomic E-state index is 12.9. The van der Waals surface area contributed by atoms with Crippen LogP contribution in [0.4, 0.5) is 4.79 Å². The van der Waals surface area contributed by atoms with Gasteiger partial charge in [0.05, 0.1) is 6.04 Å². The number of hydrogen-bond acceptors (Lipinski definition) is 4. The molecule has 0 radical (unpaired) electrons. The Morgan fingerprint density at radius 1 is 1.07 bits per heavy atom. The van der Waals surface area contributed by atoms with E-state index >= 15 is 0 Å². The Hall–Kier alpha value is -3.08. The molecule has 0 aliphatic carbocycles. The zero-order chi connectivity index (χ0) is 21.9. The molecule has 1 fully saturated rings. The molecule has 30 heavy (non-hydrogen) atoms. The van der Waals surface area contributed by atoms with Gasteiger partial charge >= 0.3 is 6.09 Å². The molecule has 0 aromatic heterocycles. The summed E-state index contributed by atoms with van der Waals surface area (Å²) in [6.45, 7) is 5.41. The molecule has 1 atom stereocenters. The summed E-state index contributed by atoms with van der Waals surface area (Å²) in [7, 11) is 3.74. The maximum absolute atomic E-state index is 12.9. The third kappa shape index (κ3) is 5.29. The molecule has 1 aliphatic heterocycles. The van der Waals surface area contributed by atoms with Gasteiger partial charge in [0.2, 0.25) is 0 Å². The molecule has 2 aromatic rings. The summed E-state index contributed by atoms with van der Waals surface area (Å²) in [5.41, 5.74) is 3.34. The van der Waals surface area contributed by atoms with Crippen LogP contribution in [0.3, 0.4) is 0 Å². The van der Waals surface area contributed by atoms with Crippen LogP contribution in [0.5, 0.6) is 0 Å². The van der Waals surface area contributed by atoms with Crippen molar-refractivity contribution in [3.05, 3.63) is 71.9 Å². The zero-order valence-electron chi connectivity index (χ0n) is 18.4. The van der Waals surface area contributed by atoms with E-state index in [-0.39, 0.29) is 11.9 Å². The second-order valence-corrected chi connectivity index (χ2v) is 8.90. The smallest absolute Gasteiger partial charge is 0.417 e. The summed E-state index contributed by atoms with van der Waals surface area (Å²) in [4.78, 5) is 28.8. The highest BCUT2D eigenvalue weighted by atomic mass is 16.6. The van der Waals surface area contributed by atoms with E-state index in [4.69, 9.17) is 4.74 Å². The lowest BCUT2D eigenvalue weighted by Gasteiger charge is -2.27. The van der Waals surface area contributed by atoms with Crippen LogP contribution in [0, 0.1) is 0 Å². The standard InChI is InChI=1S/C25H30N2O3/c1-25(2,3)30-24(29)27-22(16-21(23(27)28)17-26(4)5)15-18-11-13-20(14-12-18)19-9-7-6-8-10-19/h6-14,17,22H,15-16H2,1-5H3/b21-17-/t22-/m1/s1. The highest BCUT2D eigenvalue weighted by Crippen LogP contribution is 2.29. The van der Waals surface area contributed by atoms with Crippen LogP contribution < -0.4 is 0 Å². The predicted octanol–water partition coefficient (Wildman–Crippen LogP) is 4.88. The maximum Gasteiger partial charge on any atom is 0.417 e. The summed E-state index contributed by atoms with van der Waals surface area (Å²) in [5.74, 6) is -0.274. The van der Waals surface area contributed by atoms with Crippen molar-refractivity contribution in [3.63, 3.8) is 0 Å². The lowest BCUT2D eigenvalue weighted by atomic mass is 9.99. The Morgan fingerprint density at radius 3 is 2.23 bits per heavy atom. The first kappa shape index (κ1) is 21.6. The van der Waals surface area contributed by atoms with Gasteiger partial charge in [-0.2, -0.15) is 0 Å². The van der Waals surface area contributed by atoms with Crippen LogP contribution in [0.15, 0.2) is 66.4 Å². The lowest BCUT2D eigenvalue weighted by molar-refractivity contribution is -0.125. The predicted molar refractivity (Wildman–Crippen MR) is 119 cm³/mol. The van der Waals surface area contributed by atoms with Gasteiger partial charge in [-0.05, 0) is 43.9 Å². The molecule has 1 heterocycles. The molecule has 1 aliphatic rings. The highest BCUT2D eigenvalue weighted by molar-refractivity contribution is 6.05. The topological polar surface area (TPSA) is 49.9 Å². The minimum Gasteiger partial charge on any atom is -0.443 e. The van der Waals surface area contributed by atoms with Gasteiger partial charge in [0.15, 0.2) is 0 Å². The molecular weight excluding hydrogens is 376 g/mol. The molecule has 5 heteroatoms. The number of rotatable bonds is 4. The Kier molecular flexibility index (Phi) is 6.30. The SMILES string of the molecule is CN(C)/C=C1/C[C@@H](Cc2ccc(-c3ccccc3)cc2)N(C(=O)OC(C)(C)C)C1=O. The molecule has 5 nitrogen and oxygen atoms in total. The number of likely N-dealkylation sites (tertiary alicyclic amines) is 1. The molecule has 3 rings (SSSR count). The molecule has 1 saturated heterocycles. The largest absolute Gasteiger partial charge is 0.443 e. The van der Waals surface area contributed by atoms with Gasteiger partial charge in [0, 0.05) is 32.3 Å². The van der Waals surface area contributed by atoms with Gasteiger partial charge in [0.25, 0.3) is 5.91 Å². The van der Waals surface area contributed by atoms with Gasteiger partial charge in [-0.15, -0.1) is 0 Å². The number of ether oxygens (including phenoxy) is 1. The van der Waals surface area contributed by atoms with Crippen molar-refractivity contribution < 1.29 is 14.3 Å². The molecule has 0 spiro atoms. The molecule has 0 N–H and O–H groups in total. The highest BCUT2D eigenvalue weighted by Gasteiger charge is 2.41. The van der Waals surface area contributed by atoms with Gasteiger partial charge in [-0.25, -0.2) is 9.69 Å². The first-order chi connectivity index (χ1) is 14.1. The lowest BCUT2D eigenvalue weighted by Crippen LogP contribution is -2.43. The van der Waals surface area contributed by atoms with Crippen molar-refractivity contribution in [3.8, 4) is 11.1 Å². The minimum atomic E-state index is -0.659. The van der Waals surface area contributed by atoms with Crippen molar-refractivity contribution in [2.45, 2.75) is 45.3 Å². The third-order valence-corrected chi connectivity index (χ3v) is 4.85. The summed E-state index contributed by atoms with van der Waals surface area (Å²) < 4.78 is 5.52. The fourth-order valence-corrected chi connectivity index (χ4v) is 3.62. The third-order valence-electron chi connectivity index (χ3n) is 4.85. The number of carbonyl (C=O) groups is 2. The average molecular weight is 407 g/mol. The molecule has 0 unspecified atom stereocenters. The fourth-order valence-electron chi connectivity index (χ4n) is 3.62. The summed E-state index contributed by atoms with van der Waals surface area (Å²) in [6.07, 6.45) is 2.31. The van der Waals surface area contributed by atoms with E-state index in [1.54, 1.807) is 27.0 Å². The van der Waals surface area contributed by atoms with Crippen molar-refractivity contribution in [1.82, 2.24) is 9.80 Å². The van der Waals surface area contributed by atoms with Gasteiger partial charge in [0.1, 0.15) is 5.60 Å². The van der Waals surface area contributed by atoms with E-state index < -0.39 is 11.7 Å². The first-order valence-corrected chi connectivity index (χ1v) is 10.2. The number of benzene rings is 2. The van der Waals surface area contributed by atoms with Crippen LogP contribution in [0.2, 0.25) is 0 Å². The van der Waals surface area contributed by atoms with E-state index in [2.05, 4.69) is 36.4 Å². The van der Waals surface area contributed by atoms with Crippen LogP contribution >= 0.6 is 0 Å². The molecule has 158 valence electrons. The van der Waals surface area contributed by atoms with Gasteiger partial charge in [-0.3, -0.25) is 4.79 Å². The van der Waals surface area contributed by atoms with E-state index in [1.807, 2.05) is 37.2 Å². The molecule has 0 saturated carbocycles. The van der Waals surface area contributed by atoms with E-state index in [0.29, 0.717) is 18.4 Å². The summed E-state index contributed by atoms with van der Waals surface area (Å²) in [5, 5.41) is 0. The number of imide groups is 1. The van der Waals surface area contributed by atoms with E-state index in [0.717, 1.165) is 16.7 Å². The van der Waals surface area contributed by atoms with E-state index in [9.17, 15) is 9.59 Å². The quantitative estimate of drug-likeness (QED) is 0.679. The number of carbonyl (C=O) groups excluding carboxylic acids is 2. The van der Waals surface area contributed by atoms with E-state index in [1.165, 1.54) is 4.90 Å². The average Bonchev–Trinajstić information content (AvgIpc) is 2.96. The van der Waals surface area contributed by atoms with Gasteiger partial charge < -0.3 is 9.64 Å². The molecule has 0 bridgehead atoms. The molecular formula is C25H30N2O3. The fraction of sp³-hybridized carbons (Fsp3) is 0.360. The van der Waals surface area contributed by atoms with Crippen molar-refractivity contribution in [1.29, 1.82) is 0 Å². The Morgan fingerprint density at radius 2 is 1.67 bits per heavy atom. The van der Waals surface area contributed by atoms with Crippen LogP contribution in [-0.4, -0.2) is 47.5 Å². The van der Waals surface area contributed by atoms with Crippen LogP contribution in [0.1, 0.15) is 32.8 Å². The number of hydrogen-bond donors (Lipinski definition) is 0. The van der Waals surface area contributed by atoms with Crippen LogP contribution in [0.25, 0.3) is 11.1 Å². The number of nitrogens with zero attached hydrogens (tertiary/aromatic N) is 2. The second kappa shape index (κ2) is 8.74. The van der Waals surface area contributed by atoms with Crippen molar-refractivity contribution in [2.24, 2.45) is 0 Å². The molecule has 2 aromatic carbocycles. The normalized spacial score (nSPS) is 18.0. The Labute approximate surface area is 178 Å². The van der Waals surface area contributed by atoms with Crippen molar-refractivity contribution in [2.75, 3.05) is 14.1 Å². The van der Waals surface area contributed by atoms with Crippen molar-refractivity contribution >= 4 is 12.0 Å². The van der Waals surface area contributed by atoms with Crippen LogP contribution in [-0.2, 0) is 16.0 Å². The molecule has 2 amide bonds. The Bertz CT molecular complexity index is 925. The summed E-state index contributed by atoms with van der Waals surface area (Å²) >= 11 is 0. The Balaban J connectivity index is 1.82. The summed E-state index contributed by atoms with van der Waals surface area (Å²) in [6, 6.07) is 18.2.